The molecule has 0 unspecified atom stereocenters. The molecule has 0 spiro atoms. The van der Waals surface area contributed by atoms with Crippen LogP contribution in [0, 0.1) is 0 Å². The monoisotopic (exact) mass is 567 g/mol. The van der Waals surface area contributed by atoms with Gasteiger partial charge in [-0.15, -0.1) is 0 Å². The van der Waals surface area contributed by atoms with Crippen LogP contribution in [0.3, 0.4) is 0 Å². The first-order valence-corrected chi connectivity index (χ1v) is 16.7. The zero-order valence-corrected chi connectivity index (χ0v) is 23.8. The van der Waals surface area contributed by atoms with Crippen LogP contribution in [0.4, 0.5) is 0 Å². The lowest BCUT2D eigenvalue weighted by Crippen LogP contribution is -2.24. The Morgan fingerprint density at radius 2 is 1.27 bits per heavy atom. The van der Waals surface area contributed by atoms with Crippen LogP contribution in [-0.4, -0.2) is 14.4 Å². The van der Waals surface area contributed by atoms with Crippen molar-refractivity contribution >= 4 is 82.2 Å². The summed E-state index contributed by atoms with van der Waals surface area (Å²) in [6.07, 6.45) is 0. The first-order valence-electron chi connectivity index (χ1n) is 13.1. The second-order valence-corrected chi connectivity index (χ2v) is 15.2. The zero-order valence-electron chi connectivity index (χ0n) is 21.3. The van der Waals surface area contributed by atoms with E-state index in [1.165, 1.54) is 15.3 Å². The van der Waals surface area contributed by atoms with Gasteiger partial charge in [0.25, 0.3) is 0 Å². The van der Waals surface area contributed by atoms with E-state index in [0.717, 1.165) is 49.0 Å². The van der Waals surface area contributed by atoms with Crippen molar-refractivity contribution in [1.82, 2.24) is 14.4 Å². The van der Waals surface area contributed by atoms with Gasteiger partial charge in [-0.05, 0) is 40.2 Å². The van der Waals surface area contributed by atoms with Gasteiger partial charge in [0.15, 0.2) is 4.96 Å². The molecule has 0 bridgehead atoms. The number of aromatic nitrogens is 3. The summed E-state index contributed by atoms with van der Waals surface area (Å²) >= 11 is 8.38. The quantitative estimate of drug-likeness (QED) is 0.205. The van der Waals surface area contributed by atoms with Crippen molar-refractivity contribution in [3.63, 3.8) is 0 Å². The molecule has 0 aliphatic carbocycles. The molecule has 0 aliphatic heterocycles. The van der Waals surface area contributed by atoms with Crippen LogP contribution in [0.2, 0.25) is 0 Å². The summed E-state index contributed by atoms with van der Waals surface area (Å²) < 4.78 is 3.49. The summed E-state index contributed by atoms with van der Waals surface area (Å²) in [6, 6.07) is 44.4. The van der Waals surface area contributed by atoms with Crippen molar-refractivity contribution in [2.45, 2.75) is 0 Å². The molecule has 3 nitrogen and oxygen atoms in total. The van der Waals surface area contributed by atoms with Gasteiger partial charge in [-0.1, -0.05) is 132 Å². The van der Waals surface area contributed by atoms with Crippen molar-refractivity contribution < 1.29 is 0 Å². The van der Waals surface area contributed by atoms with E-state index in [1.54, 1.807) is 11.3 Å². The SMILES string of the molecule is S=P(c1ccccc1)(c1ccccc1)c1cccc(-c2nc3ccccc3c3nc4sc5ccccc5n4c23)c1. The highest BCUT2D eigenvalue weighted by Crippen LogP contribution is 2.44. The number of imidazole rings is 1. The first kappa shape index (κ1) is 23.7. The highest BCUT2D eigenvalue weighted by molar-refractivity contribution is 8.25. The molecule has 0 radical (unpaired) electrons. The molecule has 3 aromatic heterocycles. The number of rotatable bonds is 4. The van der Waals surface area contributed by atoms with Gasteiger partial charge in [-0.3, -0.25) is 4.40 Å². The number of benzene rings is 5. The third kappa shape index (κ3) is 3.52. The Balaban J connectivity index is 1.45. The minimum atomic E-state index is -2.31. The van der Waals surface area contributed by atoms with Gasteiger partial charge in [0, 0.05) is 17.0 Å². The lowest BCUT2D eigenvalue weighted by atomic mass is 10.1. The van der Waals surface area contributed by atoms with E-state index in [4.69, 9.17) is 21.8 Å². The van der Waals surface area contributed by atoms with Crippen LogP contribution in [0.15, 0.2) is 133 Å². The molecule has 40 heavy (non-hydrogen) atoms. The average molecular weight is 568 g/mol. The number of fused-ring (bicyclic) bond motifs is 7. The molecular formula is C34H22N3PS2. The third-order valence-corrected chi connectivity index (χ3v) is 13.5. The fourth-order valence-electron chi connectivity index (χ4n) is 5.64. The van der Waals surface area contributed by atoms with Gasteiger partial charge in [-0.2, -0.15) is 0 Å². The average Bonchev–Trinajstić information content (AvgIpc) is 3.58. The molecule has 0 aliphatic rings. The lowest BCUT2D eigenvalue weighted by Gasteiger charge is -2.24. The Kier molecular flexibility index (Phi) is 5.46. The zero-order chi connectivity index (χ0) is 26.7. The van der Waals surface area contributed by atoms with E-state index in [2.05, 4.69) is 132 Å². The van der Waals surface area contributed by atoms with Crippen molar-refractivity contribution in [1.29, 1.82) is 0 Å². The largest absolute Gasteiger partial charge is 0.281 e. The fourth-order valence-corrected chi connectivity index (χ4v) is 10.4. The maximum Gasteiger partial charge on any atom is 0.195 e. The van der Waals surface area contributed by atoms with Crippen molar-refractivity contribution in [2.75, 3.05) is 0 Å². The molecule has 0 saturated heterocycles. The number of para-hydroxylation sites is 2. The molecule has 0 N–H and O–H groups in total. The molecule has 5 aromatic carbocycles. The Hall–Kier alpha value is -4.15. The van der Waals surface area contributed by atoms with Crippen molar-refractivity contribution in [2.24, 2.45) is 0 Å². The molecule has 190 valence electrons. The molecule has 0 saturated carbocycles. The topological polar surface area (TPSA) is 30.2 Å². The van der Waals surface area contributed by atoms with Gasteiger partial charge in [0.05, 0.1) is 21.4 Å². The Bertz CT molecular complexity index is 2200. The van der Waals surface area contributed by atoms with Gasteiger partial charge in [0.1, 0.15) is 11.0 Å². The first-order chi connectivity index (χ1) is 19.7. The Morgan fingerprint density at radius 1 is 0.625 bits per heavy atom. The predicted octanol–water partition coefficient (Wildman–Crippen LogP) is 7.67. The van der Waals surface area contributed by atoms with E-state index < -0.39 is 6.04 Å². The van der Waals surface area contributed by atoms with E-state index in [-0.39, 0.29) is 0 Å². The highest BCUT2D eigenvalue weighted by Gasteiger charge is 2.26. The fraction of sp³-hybridized carbons (Fsp3) is 0. The number of nitrogens with zero attached hydrogens (tertiary/aromatic N) is 3. The molecule has 0 amide bonds. The van der Waals surface area contributed by atoms with Crippen molar-refractivity contribution in [3.8, 4) is 11.3 Å². The number of pyridine rings is 1. The molecule has 0 atom stereocenters. The molecule has 0 fully saturated rings. The Morgan fingerprint density at radius 3 is 2.05 bits per heavy atom. The normalized spacial score (nSPS) is 12.1. The summed E-state index contributed by atoms with van der Waals surface area (Å²) in [5.74, 6) is 0. The van der Waals surface area contributed by atoms with Crippen LogP contribution in [0.5, 0.6) is 0 Å². The molecule has 8 rings (SSSR count). The van der Waals surface area contributed by atoms with Crippen LogP contribution in [0.25, 0.3) is 48.4 Å². The summed E-state index contributed by atoms with van der Waals surface area (Å²) in [4.78, 5) is 11.4. The summed E-state index contributed by atoms with van der Waals surface area (Å²) in [5.41, 5.74) is 6.08. The third-order valence-electron chi connectivity index (χ3n) is 7.49. The maximum atomic E-state index is 6.67. The smallest absolute Gasteiger partial charge is 0.195 e. The molecule has 8 aromatic rings. The van der Waals surface area contributed by atoms with E-state index in [9.17, 15) is 0 Å². The van der Waals surface area contributed by atoms with Crippen LogP contribution in [-0.2, 0) is 11.8 Å². The maximum absolute atomic E-state index is 6.67. The van der Waals surface area contributed by atoms with Crippen LogP contribution < -0.4 is 15.9 Å². The molecule has 6 heteroatoms. The van der Waals surface area contributed by atoms with E-state index >= 15 is 0 Å². The standard InChI is InChI=1S/C34H22N3PS2/c39-38(24-13-3-1-4-14-24,25-15-5-2-6-16-25)26-17-11-12-23(22-26)31-33-32(27-18-7-8-19-28(27)35-31)36-34-37(33)29-20-9-10-21-30(29)40-34/h1-22H. The van der Waals surface area contributed by atoms with Gasteiger partial charge < -0.3 is 0 Å². The predicted molar refractivity (Wildman–Crippen MR) is 175 cm³/mol. The highest BCUT2D eigenvalue weighted by atomic mass is 32.4. The summed E-state index contributed by atoms with van der Waals surface area (Å²) in [5, 5.41) is 4.58. The van der Waals surface area contributed by atoms with Crippen LogP contribution >= 0.6 is 17.4 Å². The minimum Gasteiger partial charge on any atom is -0.281 e. The molecular weight excluding hydrogens is 546 g/mol. The van der Waals surface area contributed by atoms with Crippen LogP contribution in [0.1, 0.15) is 0 Å². The molecule has 3 heterocycles. The van der Waals surface area contributed by atoms with Gasteiger partial charge in [0.2, 0.25) is 0 Å². The minimum absolute atomic E-state index is 0.925. The van der Waals surface area contributed by atoms with E-state index in [1.807, 2.05) is 6.07 Å². The van der Waals surface area contributed by atoms with Gasteiger partial charge in [-0.25, -0.2) is 9.97 Å². The van der Waals surface area contributed by atoms with Gasteiger partial charge >= 0.3 is 0 Å². The lowest BCUT2D eigenvalue weighted by molar-refractivity contribution is 1.32. The Labute approximate surface area is 240 Å². The summed E-state index contributed by atoms with van der Waals surface area (Å²) in [6.45, 7) is 0. The second-order valence-electron chi connectivity index (χ2n) is 9.81. The number of hydrogen-bond acceptors (Lipinski definition) is 4. The van der Waals surface area contributed by atoms with Crippen molar-refractivity contribution in [3.05, 3.63) is 133 Å². The summed E-state index contributed by atoms with van der Waals surface area (Å²) in [7, 11) is 0. The second kappa shape index (κ2) is 9.21. The number of hydrogen-bond donors (Lipinski definition) is 0. The van der Waals surface area contributed by atoms with E-state index in [0.29, 0.717) is 0 Å². The number of thiazole rings is 1.